The average Bonchev–Trinajstić information content (AvgIpc) is 3.31. The number of halogens is 3. The molecule has 4 rings (SSSR count). The molecule has 2 aromatic carbocycles. The normalized spacial score (nSPS) is 11.6. The number of nitrogens with one attached hydrogen (secondary N) is 1. The monoisotopic (exact) mass is 496 g/mol. The maximum atomic E-state index is 12.9. The number of esters is 1. The first-order chi connectivity index (χ1) is 16.7. The molecule has 0 saturated carbocycles. The summed E-state index contributed by atoms with van der Waals surface area (Å²) in [7, 11) is 1.34. The van der Waals surface area contributed by atoms with Crippen molar-refractivity contribution in [2.24, 2.45) is 0 Å². The number of carbonyl (C=O) groups is 1. The number of methoxy groups -OCH3 is 1. The van der Waals surface area contributed by atoms with E-state index in [1.165, 1.54) is 18.4 Å². The van der Waals surface area contributed by atoms with E-state index >= 15 is 0 Å². The van der Waals surface area contributed by atoms with Gasteiger partial charge in [-0.3, -0.25) is 0 Å². The van der Waals surface area contributed by atoms with Crippen LogP contribution in [-0.2, 0) is 10.9 Å². The summed E-state index contributed by atoms with van der Waals surface area (Å²) in [5.74, 6) is -0.528. The Labute approximate surface area is 203 Å². The molecule has 0 aliphatic heterocycles. The summed E-state index contributed by atoms with van der Waals surface area (Å²) in [5.41, 5.74) is 2.70. The largest absolute Gasteiger partial charge is 0.465 e. The zero-order valence-electron chi connectivity index (χ0n) is 18.6. The molecule has 0 atom stereocenters. The van der Waals surface area contributed by atoms with Crippen molar-refractivity contribution < 1.29 is 22.7 Å². The number of aryl methyl sites for hydroxylation is 1. The Kier molecular flexibility index (Phi) is 6.92. The molecule has 0 aliphatic carbocycles. The molecule has 35 heavy (non-hydrogen) atoms. The van der Waals surface area contributed by atoms with Crippen LogP contribution in [0.4, 0.5) is 24.8 Å². The van der Waals surface area contributed by atoms with Crippen LogP contribution in [0.15, 0.2) is 60.9 Å². The van der Waals surface area contributed by atoms with Crippen LogP contribution in [-0.4, -0.2) is 28.0 Å². The van der Waals surface area contributed by atoms with Gasteiger partial charge in [0.05, 0.1) is 17.6 Å². The van der Waals surface area contributed by atoms with E-state index in [2.05, 4.69) is 20.3 Å². The van der Waals surface area contributed by atoms with Crippen molar-refractivity contribution in [3.8, 4) is 10.4 Å². The second-order valence-corrected chi connectivity index (χ2v) is 8.55. The second kappa shape index (κ2) is 10.1. The lowest BCUT2D eigenvalue weighted by Gasteiger charge is -2.10. The van der Waals surface area contributed by atoms with Gasteiger partial charge in [0, 0.05) is 18.1 Å². The summed E-state index contributed by atoms with van der Waals surface area (Å²) in [6.45, 7) is 1.89. The number of alkyl halides is 3. The van der Waals surface area contributed by atoms with Gasteiger partial charge in [0.2, 0.25) is 5.95 Å². The molecule has 4 aromatic rings. The molecule has 0 fully saturated rings. The Bertz CT molecular complexity index is 1380. The van der Waals surface area contributed by atoms with E-state index in [1.54, 1.807) is 24.4 Å². The van der Waals surface area contributed by atoms with Gasteiger partial charge in [-0.15, -0.1) is 11.3 Å². The van der Waals surface area contributed by atoms with Crippen LogP contribution >= 0.6 is 11.3 Å². The molecule has 0 radical (unpaired) electrons. The first kappa shape index (κ1) is 24.1. The van der Waals surface area contributed by atoms with Gasteiger partial charge in [0.15, 0.2) is 0 Å². The molecule has 0 bridgehead atoms. The van der Waals surface area contributed by atoms with Crippen LogP contribution in [0.25, 0.3) is 22.6 Å². The molecule has 0 unspecified atom stereocenters. The van der Waals surface area contributed by atoms with Crippen molar-refractivity contribution in [1.29, 1.82) is 0 Å². The van der Waals surface area contributed by atoms with Gasteiger partial charge in [-0.05, 0) is 60.0 Å². The number of thiazole rings is 1. The standard InChI is InChI=1S/C25H19F3N4O2S/c1-15-11-18(13-19(12-15)31-24-29-10-9-21(32-24)25(26,27)28)20-14-30-22(35-20)8-5-16-3-6-17(7-4-16)23(33)34-2/h3-14H,1-2H3,(H,29,31,32). The number of rotatable bonds is 6. The first-order valence-corrected chi connectivity index (χ1v) is 11.1. The van der Waals surface area contributed by atoms with Crippen LogP contribution in [0.1, 0.15) is 32.2 Å². The molecular weight excluding hydrogens is 477 g/mol. The minimum Gasteiger partial charge on any atom is -0.465 e. The maximum absolute atomic E-state index is 12.9. The fourth-order valence-corrected chi connectivity index (χ4v) is 4.03. The topological polar surface area (TPSA) is 77.0 Å². The number of anilines is 2. The quantitative estimate of drug-likeness (QED) is 0.302. The van der Waals surface area contributed by atoms with Crippen molar-refractivity contribution in [2.75, 3.05) is 12.4 Å². The predicted octanol–water partition coefficient (Wildman–Crippen LogP) is 6.63. The number of nitrogens with zero attached hydrogens (tertiary/aromatic N) is 3. The highest BCUT2D eigenvalue weighted by Crippen LogP contribution is 2.32. The molecular formula is C25H19F3N4O2S. The highest BCUT2D eigenvalue weighted by atomic mass is 32.1. The molecule has 0 amide bonds. The Morgan fingerprint density at radius 3 is 2.54 bits per heavy atom. The van der Waals surface area contributed by atoms with Crippen molar-refractivity contribution in [1.82, 2.24) is 15.0 Å². The SMILES string of the molecule is COC(=O)c1ccc(C=Cc2ncc(-c3cc(C)cc(Nc4nccc(C(F)(F)F)n4)c3)s2)cc1. The van der Waals surface area contributed by atoms with Crippen LogP contribution in [0, 0.1) is 6.92 Å². The maximum Gasteiger partial charge on any atom is 0.433 e. The predicted molar refractivity (Wildman–Crippen MR) is 129 cm³/mol. The highest BCUT2D eigenvalue weighted by molar-refractivity contribution is 7.16. The molecule has 178 valence electrons. The smallest absolute Gasteiger partial charge is 0.433 e. The Morgan fingerprint density at radius 1 is 1.06 bits per heavy atom. The van der Waals surface area contributed by atoms with E-state index in [1.807, 2.05) is 43.3 Å². The number of aromatic nitrogens is 3. The highest BCUT2D eigenvalue weighted by Gasteiger charge is 2.32. The molecule has 0 spiro atoms. The molecule has 10 heteroatoms. The first-order valence-electron chi connectivity index (χ1n) is 10.3. The summed E-state index contributed by atoms with van der Waals surface area (Å²) < 4.78 is 43.5. The van der Waals surface area contributed by atoms with Gasteiger partial charge in [-0.25, -0.2) is 19.7 Å². The van der Waals surface area contributed by atoms with Crippen LogP contribution in [0.3, 0.4) is 0 Å². The van der Waals surface area contributed by atoms with E-state index in [-0.39, 0.29) is 5.95 Å². The summed E-state index contributed by atoms with van der Waals surface area (Å²) in [5, 5.41) is 3.63. The Hall–Kier alpha value is -4.05. The zero-order valence-corrected chi connectivity index (χ0v) is 19.4. The number of hydrogen-bond donors (Lipinski definition) is 1. The lowest BCUT2D eigenvalue weighted by Crippen LogP contribution is -2.10. The second-order valence-electron chi connectivity index (χ2n) is 7.49. The van der Waals surface area contributed by atoms with E-state index < -0.39 is 17.8 Å². The lowest BCUT2D eigenvalue weighted by molar-refractivity contribution is -0.141. The molecule has 6 nitrogen and oxygen atoms in total. The van der Waals surface area contributed by atoms with Gasteiger partial charge in [0.25, 0.3) is 0 Å². The summed E-state index contributed by atoms with van der Waals surface area (Å²) in [4.78, 5) is 24.3. The number of hydrogen-bond acceptors (Lipinski definition) is 7. The molecule has 0 aliphatic rings. The summed E-state index contributed by atoms with van der Waals surface area (Å²) >= 11 is 1.47. The fourth-order valence-electron chi connectivity index (χ4n) is 3.22. The average molecular weight is 497 g/mol. The third-order valence-corrected chi connectivity index (χ3v) is 5.85. The van der Waals surface area contributed by atoms with Gasteiger partial charge >= 0.3 is 12.1 Å². The minimum absolute atomic E-state index is 0.137. The van der Waals surface area contributed by atoms with E-state index in [9.17, 15) is 18.0 Å². The van der Waals surface area contributed by atoms with Crippen LogP contribution in [0.2, 0.25) is 0 Å². The molecule has 0 saturated heterocycles. The third-order valence-electron chi connectivity index (χ3n) is 4.84. The van der Waals surface area contributed by atoms with Gasteiger partial charge < -0.3 is 10.1 Å². The Balaban J connectivity index is 1.51. The molecule has 1 N–H and O–H groups in total. The fraction of sp³-hybridized carbons (Fsp3) is 0.120. The van der Waals surface area contributed by atoms with Crippen molar-refractivity contribution in [3.05, 3.63) is 88.3 Å². The van der Waals surface area contributed by atoms with Crippen molar-refractivity contribution >= 4 is 41.1 Å². The summed E-state index contributed by atoms with van der Waals surface area (Å²) in [6, 6.07) is 13.4. The number of benzene rings is 2. The van der Waals surface area contributed by atoms with Gasteiger partial charge in [-0.2, -0.15) is 13.2 Å². The Morgan fingerprint density at radius 2 is 1.83 bits per heavy atom. The molecule has 2 heterocycles. The minimum atomic E-state index is -4.55. The van der Waals surface area contributed by atoms with E-state index in [4.69, 9.17) is 4.74 Å². The van der Waals surface area contributed by atoms with Crippen LogP contribution in [0.5, 0.6) is 0 Å². The van der Waals surface area contributed by atoms with Gasteiger partial charge in [0.1, 0.15) is 10.7 Å². The number of carbonyl (C=O) groups excluding carboxylic acids is 1. The lowest BCUT2D eigenvalue weighted by atomic mass is 10.1. The van der Waals surface area contributed by atoms with Crippen molar-refractivity contribution in [3.63, 3.8) is 0 Å². The van der Waals surface area contributed by atoms with Gasteiger partial charge in [-0.1, -0.05) is 24.3 Å². The summed E-state index contributed by atoms with van der Waals surface area (Å²) in [6.07, 6.45) is 2.02. The van der Waals surface area contributed by atoms with Crippen molar-refractivity contribution in [2.45, 2.75) is 13.1 Å². The van der Waals surface area contributed by atoms with E-state index in [0.717, 1.165) is 38.8 Å². The van der Waals surface area contributed by atoms with Crippen LogP contribution < -0.4 is 5.32 Å². The van der Waals surface area contributed by atoms with E-state index in [0.29, 0.717) is 11.3 Å². The molecule has 2 aromatic heterocycles. The third kappa shape index (κ3) is 6.10. The number of ether oxygens (including phenoxy) is 1. The zero-order chi connectivity index (χ0) is 25.0.